The van der Waals surface area contributed by atoms with E-state index in [4.69, 9.17) is 5.73 Å². The molecule has 2 aromatic rings. The number of nitrogens with zero attached hydrogens (tertiary/aromatic N) is 1. The molecule has 2 aromatic carbocycles. The van der Waals surface area contributed by atoms with Crippen molar-refractivity contribution in [2.75, 3.05) is 6.54 Å². The van der Waals surface area contributed by atoms with E-state index in [1.54, 1.807) is 18.2 Å². The number of benzene rings is 2. The van der Waals surface area contributed by atoms with Gasteiger partial charge in [-0.2, -0.15) is 26.3 Å². The van der Waals surface area contributed by atoms with Gasteiger partial charge in [-0.15, -0.1) is 0 Å². The number of halogens is 6. The number of nitrogens with two attached hydrogens (primary N) is 1. The summed E-state index contributed by atoms with van der Waals surface area (Å²) in [6.07, 6.45) is -9.34. The molecule has 1 aliphatic rings. The maximum absolute atomic E-state index is 13.1. The summed E-state index contributed by atoms with van der Waals surface area (Å²) in [5.74, 6) is -0.713. The highest BCUT2D eigenvalue weighted by Crippen LogP contribution is 2.37. The standard InChI is InChI=1S/C19H16F6N2O/c20-18(21,22)13-7-11(8-14(9-13)19(23,24)25)10-27-6-5-12-3-1-2-4-15(12)16(27)17(26)28/h1-4,7-9,16H,5-6,10H2,(H2,26,28). The molecule has 28 heavy (non-hydrogen) atoms. The van der Waals surface area contributed by atoms with Crippen molar-refractivity contribution in [1.29, 1.82) is 0 Å². The first-order valence-corrected chi connectivity index (χ1v) is 8.36. The number of alkyl halides is 6. The van der Waals surface area contributed by atoms with E-state index >= 15 is 0 Å². The van der Waals surface area contributed by atoms with E-state index < -0.39 is 35.4 Å². The van der Waals surface area contributed by atoms with Crippen LogP contribution < -0.4 is 5.73 Å². The van der Waals surface area contributed by atoms with Crippen molar-refractivity contribution in [2.24, 2.45) is 5.73 Å². The highest BCUT2D eigenvalue weighted by molar-refractivity contribution is 5.82. The molecule has 0 saturated heterocycles. The van der Waals surface area contributed by atoms with Gasteiger partial charge in [-0.3, -0.25) is 9.69 Å². The number of carbonyl (C=O) groups excluding carboxylic acids is 1. The van der Waals surface area contributed by atoms with Crippen molar-refractivity contribution in [3.8, 4) is 0 Å². The molecule has 0 radical (unpaired) electrons. The van der Waals surface area contributed by atoms with Crippen LogP contribution in [0.5, 0.6) is 0 Å². The fraction of sp³-hybridized carbons (Fsp3) is 0.316. The zero-order valence-electron chi connectivity index (χ0n) is 14.4. The van der Waals surface area contributed by atoms with Crippen LogP contribution in [0, 0.1) is 0 Å². The van der Waals surface area contributed by atoms with E-state index in [1.807, 2.05) is 6.07 Å². The second-order valence-electron chi connectivity index (χ2n) is 6.64. The molecule has 3 nitrogen and oxygen atoms in total. The van der Waals surface area contributed by atoms with Gasteiger partial charge in [-0.25, -0.2) is 0 Å². The van der Waals surface area contributed by atoms with Gasteiger partial charge in [0.1, 0.15) is 6.04 Å². The van der Waals surface area contributed by atoms with Gasteiger partial charge in [-0.05, 0) is 41.3 Å². The zero-order valence-corrected chi connectivity index (χ0v) is 14.4. The van der Waals surface area contributed by atoms with E-state index in [1.165, 1.54) is 4.90 Å². The van der Waals surface area contributed by atoms with E-state index in [0.717, 1.165) is 5.56 Å². The normalized spacial score (nSPS) is 18.0. The van der Waals surface area contributed by atoms with Crippen LogP contribution in [0.25, 0.3) is 0 Å². The summed E-state index contributed by atoms with van der Waals surface area (Å²) in [6.45, 7) is 0.0111. The first-order valence-electron chi connectivity index (χ1n) is 8.36. The van der Waals surface area contributed by atoms with Gasteiger partial charge < -0.3 is 5.73 Å². The summed E-state index contributed by atoms with van der Waals surface area (Å²) in [4.78, 5) is 13.5. The summed E-state index contributed by atoms with van der Waals surface area (Å²) in [6, 6.07) is 7.49. The maximum Gasteiger partial charge on any atom is 0.416 e. The molecule has 150 valence electrons. The minimum absolute atomic E-state index is 0.0839. The second-order valence-corrected chi connectivity index (χ2v) is 6.64. The van der Waals surface area contributed by atoms with Crippen molar-refractivity contribution < 1.29 is 31.1 Å². The van der Waals surface area contributed by atoms with Gasteiger partial charge in [0.25, 0.3) is 0 Å². The molecule has 0 fully saturated rings. The Morgan fingerprint density at radius 3 is 2.11 bits per heavy atom. The third-order valence-corrected chi connectivity index (χ3v) is 4.69. The molecule has 0 spiro atoms. The summed E-state index contributed by atoms with van der Waals surface area (Å²) < 4.78 is 78.4. The average molecular weight is 402 g/mol. The van der Waals surface area contributed by atoms with Crippen LogP contribution in [0.1, 0.15) is 33.9 Å². The Morgan fingerprint density at radius 1 is 1.00 bits per heavy atom. The van der Waals surface area contributed by atoms with E-state index in [0.29, 0.717) is 24.1 Å². The van der Waals surface area contributed by atoms with E-state index in [-0.39, 0.29) is 24.7 Å². The Bertz CT molecular complexity index is 858. The molecule has 0 saturated carbocycles. The lowest BCUT2D eigenvalue weighted by molar-refractivity contribution is -0.143. The first-order chi connectivity index (χ1) is 13.0. The van der Waals surface area contributed by atoms with Gasteiger partial charge >= 0.3 is 12.4 Å². The van der Waals surface area contributed by atoms with Crippen molar-refractivity contribution in [1.82, 2.24) is 4.90 Å². The lowest BCUT2D eigenvalue weighted by Crippen LogP contribution is -2.42. The average Bonchev–Trinajstić information content (AvgIpc) is 2.59. The Hall–Kier alpha value is -2.55. The van der Waals surface area contributed by atoms with Crippen molar-refractivity contribution in [3.63, 3.8) is 0 Å². The summed E-state index contributed by atoms with van der Waals surface area (Å²) >= 11 is 0. The van der Waals surface area contributed by atoms with Crippen LogP contribution in [-0.4, -0.2) is 17.4 Å². The van der Waals surface area contributed by atoms with Crippen LogP contribution in [0.4, 0.5) is 26.3 Å². The molecule has 1 heterocycles. The van der Waals surface area contributed by atoms with Gasteiger partial charge in [-0.1, -0.05) is 24.3 Å². The Morgan fingerprint density at radius 2 is 1.57 bits per heavy atom. The van der Waals surface area contributed by atoms with Gasteiger partial charge in [0, 0.05) is 13.1 Å². The number of primary amides is 1. The summed E-state index contributed by atoms with van der Waals surface area (Å²) in [5, 5.41) is 0. The quantitative estimate of drug-likeness (QED) is 0.778. The number of hydrogen-bond acceptors (Lipinski definition) is 2. The molecule has 1 amide bonds. The van der Waals surface area contributed by atoms with Gasteiger partial charge in [0.15, 0.2) is 0 Å². The van der Waals surface area contributed by atoms with Crippen LogP contribution in [0.15, 0.2) is 42.5 Å². The maximum atomic E-state index is 13.1. The SMILES string of the molecule is NC(=O)C1c2ccccc2CCN1Cc1cc(C(F)(F)F)cc(C(F)(F)F)c1. The molecule has 1 atom stereocenters. The smallest absolute Gasteiger partial charge is 0.368 e. The molecule has 0 bridgehead atoms. The second kappa shape index (κ2) is 7.12. The van der Waals surface area contributed by atoms with Gasteiger partial charge in [0.2, 0.25) is 5.91 Å². The zero-order chi connectivity index (χ0) is 20.7. The molecule has 0 aliphatic carbocycles. The van der Waals surface area contributed by atoms with Crippen molar-refractivity contribution in [3.05, 3.63) is 70.3 Å². The third kappa shape index (κ3) is 4.14. The highest BCUT2D eigenvalue weighted by Gasteiger charge is 2.38. The molecule has 3 rings (SSSR count). The van der Waals surface area contributed by atoms with Crippen LogP contribution in [-0.2, 0) is 30.1 Å². The Balaban J connectivity index is 2.00. The molecule has 2 N–H and O–H groups in total. The first kappa shape index (κ1) is 20.2. The summed E-state index contributed by atoms with van der Waals surface area (Å²) in [7, 11) is 0. The van der Waals surface area contributed by atoms with E-state index in [9.17, 15) is 31.1 Å². The number of carbonyl (C=O) groups is 1. The van der Waals surface area contributed by atoms with Crippen LogP contribution >= 0.6 is 0 Å². The highest BCUT2D eigenvalue weighted by atomic mass is 19.4. The number of rotatable bonds is 3. The fourth-order valence-electron chi connectivity index (χ4n) is 3.47. The Kier molecular flexibility index (Phi) is 5.14. The molecule has 1 aliphatic heterocycles. The largest absolute Gasteiger partial charge is 0.416 e. The Labute approximate surface area is 156 Å². The number of fused-ring (bicyclic) bond motifs is 1. The van der Waals surface area contributed by atoms with Gasteiger partial charge in [0.05, 0.1) is 11.1 Å². The minimum atomic E-state index is -4.92. The van der Waals surface area contributed by atoms with Crippen LogP contribution in [0.2, 0.25) is 0 Å². The lowest BCUT2D eigenvalue weighted by Gasteiger charge is -2.35. The fourth-order valence-corrected chi connectivity index (χ4v) is 3.47. The topological polar surface area (TPSA) is 46.3 Å². The van der Waals surface area contributed by atoms with Crippen molar-refractivity contribution >= 4 is 5.91 Å². The lowest BCUT2D eigenvalue weighted by atomic mass is 9.91. The van der Waals surface area contributed by atoms with Crippen molar-refractivity contribution in [2.45, 2.75) is 31.4 Å². The van der Waals surface area contributed by atoms with Crippen LogP contribution in [0.3, 0.4) is 0 Å². The molecule has 1 unspecified atom stereocenters. The predicted molar refractivity (Wildman–Crippen MR) is 88.9 cm³/mol. The molecular weight excluding hydrogens is 386 g/mol. The predicted octanol–water partition coefficient (Wildman–Crippen LogP) is 4.31. The number of amides is 1. The third-order valence-electron chi connectivity index (χ3n) is 4.69. The monoisotopic (exact) mass is 402 g/mol. The minimum Gasteiger partial charge on any atom is -0.368 e. The number of hydrogen-bond donors (Lipinski definition) is 1. The molecule has 0 aromatic heterocycles. The molecular formula is C19H16F6N2O. The molecule has 9 heteroatoms. The summed E-state index contributed by atoms with van der Waals surface area (Å²) in [5.41, 5.74) is 4.02. The van der Waals surface area contributed by atoms with E-state index in [2.05, 4.69) is 0 Å².